The number of fused-ring (bicyclic) bond motifs is 1. The number of Topliss-reactive ketones (excluding diaryl/α,β-unsaturated/α-hetero) is 1. The normalized spacial score (nSPS) is 41.2. The Morgan fingerprint density at radius 1 is 0.935 bits per heavy atom. The number of nitrogens with zero attached hydrogens (tertiary/aromatic N) is 3. The van der Waals surface area contributed by atoms with E-state index in [0.717, 1.165) is 11.3 Å². The second-order valence-electron chi connectivity index (χ2n) is 19.9. The molecule has 18 atom stereocenters. The molecule has 7 rings (SSSR count). The highest BCUT2D eigenvalue weighted by Gasteiger charge is 2.63. The van der Waals surface area contributed by atoms with Gasteiger partial charge in [0.15, 0.2) is 5.79 Å². The third-order valence-corrected chi connectivity index (χ3v) is 15.9. The summed E-state index contributed by atoms with van der Waals surface area (Å²) in [6, 6.07) is 7.26. The second kappa shape index (κ2) is 18.2. The Hall–Kier alpha value is -2.82. The first-order chi connectivity index (χ1) is 29.3. The third-order valence-electron chi connectivity index (χ3n) is 15.9. The molecule has 62 heavy (non-hydrogen) atoms. The maximum atomic E-state index is 14.7. The van der Waals surface area contributed by atoms with E-state index >= 15 is 0 Å². The zero-order valence-corrected chi connectivity index (χ0v) is 38.6. The lowest BCUT2D eigenvalue weighted by Gasteiger charge is -2.54. The minimum atomic E-state index is -1.38. The highest BCUT2D eigenvalue weighted by Crippen LogP contribution is 2.54. The molecule has 6 heterocycles. The SMILES string of the molecule is CCC(C(=O)On1nnc2ccccc21)[C@H]1CC[C@H](C)[C@H]([C@@H](C)[C@H](O)[C@H](C)C(=O)[C@H](CC)[C@H]2O[C@]3(C=C[C@@H](O)[C@]4(CC[C@@](C)([C@H]5CC[C@](O)(CC)[C@H](C)O5)O4)O3)[C@H](C)C[C@@H]2C)O1. The summed E-state index contributed by atoms with van der Waals surface area (Å²) in [5, 5.41) is 42.7. The van der Waals surface area contributed by atoms with Crippen LogP contribution >= 0.6 is 0 Å². The van der Waals surface area contributed by atoms with Gasteiger partial charge in [-0.05, 0) is 113 Å². The van der Waals surface area contributed by atoms with Gasteiger partial charge in [0.25, 0.3) is 0 Å². The zero-order chi connectivity index (χ0) is 44.9. The van der Waals surface area contributed by atoms with Gasteiger partial charge in [-0.15, -0.1) is 5.10 Å². The summed E-state index contributed by atoms with van der Waals surface area (Å²) in [6.45, 7) is 19.8. The van der Waals surface area contributed by atoms with Gasteiger partial charge >= 0.3 is 5.97 Å². The van der Waals surface area contributed by atoms with Crippen molar-refractivity contribution in [3.05, 3.63) is 36.4 Å². The number of hydrogen-bond donors (Lipinski definition) is 3. The number of ether oxygens (including phenoxy) is 5. The fraction of sp³-hybridized carbons (Fsp3) is 0.792. The molecule has 14 nitrogen and oxygen atoms in total. The standard InChI is InChI=1S/C48H73N3O11/c1-11-33(44(55)60-51-36-17-15-14-16-35(36)49-50-51)37-19-18-27(4)42(58-37)31(8)40(53)30(7)41(54)34(12-2)43-28(5)26-29(6)47(59-43)23-20-38(52)48(62-47)25-24-45(10,61-48)39-21-22-46(56,13-3)32(9)57-39/h14-17,20,23,27-34,37-40,42-43,52-53,56H,11-13,18-19,21-22,24-26H2,1-10H3/t27-,28-,29+,30-,31-,32-,33?,34-,37+,38+,39+,40+,42+,43-,45-,46+,47-,48-/m0/s1. The zero-order valence-electron chi connectivity index (χ0n) is 38.6. The number of para-hydroxylation sites is 1. The molecule has 0 radical (unpaired) electrons. The Kier molecular flexibility index (Phi) is 13.9. The molecule has 0 amide bonds. The van der Waals surface area contributed by atoms with Gasteiger partial charge in [0, 0.05) is 30.1 Å². The molecule has 346 valence electrons. The summed E-state index contributed by atoms with van der Waals surface area (Å²) in [7, 11) is 0. The van der Waals surface area contributed by atoms with Crippen LogP contribution in [0.2, 0.25) is 0 Å². The minimum Gasteiger partial charge on any atom is -0.392 e. The van der Waals surface area contributed by atoms with Crippen molar-refractivity contribution in [3.8, 4) is 0 Å². The van der Waals surface area contributed by atoms with Crippen molar-refractivity contribution in [2.75, 3.05) is 0 Å². The predicted octanol–water partition coefficient (Wildman–Crippen LogP) is 6.50. The van der Waals surface area contributed by atoms with E-state index in [0.29, 0.717) is 68.8 Å². The average molecular weight is 868 g/mol. The summed E-state index contributed by atoms with van der Waals surface area (Å²) >= 11 is 0. The molecule has 0 aliphatic carbocycles. The van der Waals surface area contributed by atoms with E-state index in [1.165, 1.54) is 0 Å². The van der Waals surface area contributed by atoms with Gasteiger partial charge in [0.05, 0.1) is 53.7 Å². The molecular formula is C48H73N3O11. The molecule has 4 fully saturated rings. The summed E-state index contributed by atoms with van der Waals surface area (Å²) in [5.41, 5.74) is -0.439. The quantitative estimate of drug-likeness (QED) is 0.147. The Morgan fingerprint density at radius 3 is 2.35 bits per heavy atom. The largest absolute Gasteiger partial charge is 0.392 e. The number of carbonyl (C=O) groups is 2. The molecule has 1 aromatic heterocycles. The van der Waals surface area contributed by atoms with Gasteiger partial charge in [-0.25, -0.2) is 4.79 Å². The van der Waals surface area contributed by atoms with Gasteiger partial charge < -0.3 is 43.8 Å². The fourth-order valence-corrected chi connectivity index (χ4v) is 11.5. The number of benzene rings is 1. The van der Waals surface area contributed by atoms with Gasteiger partial charge in [-0.2, -0.15) is 0 Å². The van der Waals surface area contributed by atoms with Crippen molar-refractivity contribution in [1.29, 1.82) is 0 Å². The van der Waals surface area contributed by atoms with Crippen molar-refractivity contribution in [1.82, 2.24) is 15.2 Å². The lowest BCUT2D eigenvalue weighted by molar-refractivity contribution is -0.409. The van der Waals surface area contributed by atoms with Crippen molar-refractivity contribution in [3.63, 3.8) is 0 Å². The number of carbonyl (C=O) groups excluding carboxylic acids is 2. The molecule has 14 heteroatoms. The first-order valence-corrected chi connectivity index (χ1v) is 23.6. The van der Waals surface area contributed by atoms with Gasteiger partial charge in [0.1, 0.15) is 22.9 Å². The summed E-state index contributed by atoms with van der Waals surface area (Å²) in [4.78, 5) is 35.1. The smallest absolute Gasteiger partial charge is 0.340 e. The maximum absolute atomic E-state index is 14.7. The van der Waals surface area contributed by atoms with E-state index in [4.69, 9.17) is 28.5 Å². The highest BCUT2D eigenvalue weighted by molar-refractivity contribution is 5.84. The van der Waals surface area contributed by atoms with Crippen LogP contribution in [0.5, 0.6) is 0 Å². The number of rotatable bonds is 13. The summed E-state index contributed by atoms with van der Waals surface area (Å²) < 4.78 is 34.0. The highest BCUT2D eigenvalue weighted by atomic mass is 16.8. The van der Waals surface area contributed by atoms with Crippen LogP contribution in [0.3, 0.4) is 0 Å². The monoisotopic (exact) mass is 868 g/mol. The molecule has 3 N–H and O–H groups in total. The van der Waals surface area contributed by atoms with E-state index in [2.05, 4.69) is 31.1 Å². The molecule has 5 aliphatic rings. The van der Waals surface area contributed by atoms with Gasteiger partial charge in [0.2, 0.25) is 5.79 Å². The topological polar surface area (TPSA) is 181 Å². The van der Waals surface area contributed by atoms with Crippen molar-refractivity contribution in [2.45, 2.75) is 199 Å². The molecule has 1 aromatic carbocycles. The molecular weight excluding hydrogens is 795 g/mol. The molecule has 0 saturated carbocycles. The lowest BCUT2D eigenvalue weighted by atomic mass is 9.72. The predicted molar refractivity (Wildman–Crippen MR) is 230 cm³/mol. The van der Waals surface area contributed by atoms with Crippen LogP contribution in [0.25, 0.3) is 11.0 Å². The van der Waals surface area contributed by atoms with E-state index in [-0.39, 0.29) is 35.7 Å². The summed E-state index contributed by atoms with van der Waals surface area (Å²) in [6.07, 6.45) is 5.39. The van der Waals surface area contributed by atoms with E-state index in [1.54, 1.807) is 31.2 Å². The van der Waals surface area contributed by atoms with Crippen LogP contribution in [-0.2, 0) is 33.3 Å². The van der Waals surface area contributed by atoms with Crippen LogP contribution in [0.4, 0.5) is 0 Å². The number of ketones is 1. The van der Waals surface area contributed by atoms with E-state index in [1.807, 2.05) is 53.7 Å². The number of hydrogen-bond acceptors (Lipinski definition) is 13. The Balaban J connectivity index is 1.02. The Labute approximate surface area is 367 Å². The Bertz CT molecular complexity index is 1930. The summed E-state index contributed by atoms with van der Waals surface area (Å²) in [5.74, 6) is -5.48. The van der Waals surface area contributed by atoms with Gasteiger partial charge in [-0.3, -0.25) is 4.79 Å². The van der Waals surface area contributed by atoms with E-state index in [9.17, 15) is 24.9 Å². The van der Waals surface area contributed by atoms with Crippen LogP contribution in [0, 0.1) is 41.4 Å². The molecule has 1 unspecified atom stereocenters. The lowest BCUT2D eigenvalue weighted by Crippen LogP contribution is -2.63. The van der Waals surface area contributed by atoms with Crippen LogP contribution in [0.15, 0.2) is 36.4 Å². The van der Waals surface area contributed by atoms with E-state index < -0.39 is 82.9 Å². The van der Waals surface area contributed by atoms with Crippen molar-refractivity contribution < 1.29 is 53.4 Å². The Morgan fingerprint density at radius 2 is 1.66 bits per heavy atom. The van der Waals surface area contributed by atoms with Gasteiger partial charge in [-0.1, -0.05) is 72.4 Å². The van der Waals surface area contributed by atoms with Crippen LogP contribution in [0.1, 0.15) is 133 Å². The average Bonchev–Trinajstić information content (AvgIpc) is 3.83. The number of aliphatic hydroxyl groups is 3. The number of aromatic nitrogens is 3. The molecule has 5 aliphatic heterocycles. The fourth-order valence-electron chi connectivity index (χ4n) is 11.5. The molecule has 2 aromatic rings. The first-order valence-electron chi connectivity index (χ1n) is 23.6. The van der Waals surface area contributed by atoms with Crippen molar-refractivity contribution in [2.24, 2.45) is 41.4 Å². The maximum Gasteiger partial charge on any atom is 0.340 e. The number of aliphatic hydroxyl groups excluding tert-OH is 2. The molecule has 4 saturated heterocycles. The first kappa shape index (κ1) is 47.2. The third kappa shape index (κ3) is 8.56. The second-order valence-corrected chi connectivity index (χ2v) is 19.9. The van der Waals surface area contributed by atoms with Crippen LogP contribution in [-0.4, -0.2) is 108 Å². The molecule has 2 spiro atoms. The molecule has 0 bridgehead atoms. The minimum absolute atomic E-state index is 0.000930. The van der Waals surface area contributed by atoms with Crippen molar-refractivity contribution >= 4 is 22.8 Å². The van der Waals surface area contributed by atoms with Crippen LogP contribution < -0.4 is 4.84 Å².